The Labute approximate surface area is 212 Å². The van der Waals surface area contributed by atoms with Crippen molar-refractivity contribution in [3.05, 3.63) is 59.7 Å². The lowest BCUT2D eigenvalue weighted by Gasteiger charge is -2.27. The maximum Gasteiger partial charge on any atom is 0.411 e. The molecular formula is C27H35N5O4. The molecule has 3 amide bonds. The number of nitrogens with zero attached hydrogens (tertiary/aromatic N) is 3. The Morgan fingerprint density at radius 3 is 2.50 bits per heavy atom. The van der Waals surface area contributed by atoms with Crippen LogP contribution in [0.5, 0.6) is 0 Å². The normalized spacial score (nSPS) is 16.6. The van der Waals surface area contributed by atoms with Gasteiger partial charge in [-0.15, -0.1) is 0 Å². The van der Waals surface area contributed by atoms with Gasteiger partial charge in [0, 0.05) is 51.4 Å². The average Bonchev–Trinajstić information content (AvgIpc) is 3.32. The van der Waals surface area contributed by atoms with Crippen molar-refractivity contribution in [2.24, 2.45) is 0 Å². The lowest BCUT2D eigenvalue weighted by Crippen LogP contribution is -2.36. The number of benzene rings is 2. The van der Waals surface area contributed by atoms with Gasteiger partial charge in [-0.1, -0.05) is 30.3 Å². The second-order valence-corrected chi connectivity index (χ2v) is 9.13. The third-order valence-corrected chi connectivity index (χ3v) is 6.68. The molecule has 0 radical (unpaired) electrons. The minimum atomic E-state index is -0.589. The van der Waals surface area contributed by atoms with Gasteiger partial charge in [0.25, 0.3) is 5.91 Å². The zero-order chi connectivity index (χ0) is 25.3. The van der Waals surface area contributed by atoms with Crippen LogP contribution in [0.1, 0.15) is 28.8 Å². The van der Waals surface area contributed by atoms with Gasteiger partial charge in [-0.3, -0.25) is 14.9 Å². The highest BCUT2D eigenvalue weighted by Gasteiger charge is 2.24. The molecule has 2 heterocycles. The van der Waals surface area contributed by atoms with Gasteiger partial charge < -0.3 is 24.8 Å². The average molecular weight is 494 g/mol. The van der Waals surface area contributed by atoms with Crippen LogP contribution in [0.3, 0.4) is 0 Å². The molecule has 36 heavy (non-hydrogen) atoms. The fraction of sp³-hybridized carbons (Fsp3) is 0.444. The van der Waals surface area contributed by atoms with E-state index in [0.29, 0.717) is 50.4 Å². The molecule has 0 saturated carbocycles. The Balaban J connectivity index is 1.49. The minimum Gasteiger partial charge on any atom is -0.453 e. The van der Waals surface area contributed by atoms with E-state index in [0.717, 1.165) is 43.7 Å². The van der Waals surface area contributed by atoms with Crippen molar-refractivity contribution in [1.82, 2.24) is 15.1 Å². The summed E-state index contributed by atoms with van der Waals surface area (Å²) in [6.07, 6.45) is 1.51. The highest BCUT2D eigenvalue weighted by molar-refractivity contribution is 5.98. The van der Waals surface area contributed by atoms with Crippen molar-refractivity contribution < 1.29 is 19.1 Å². The summed E-state index contributed by atoms with van der Waals surface area (Å²) in [6.45, 7) is 5.65. The van der Waals surface area contributed by atoms with Crippen LogP contribution in [0.2, 0.25) is 0 Å². The third kappa shape index (κ3) is 6.54. The minimum absolute atomic E-state index is 0.0493. The maximum absolute atomic E-state index is 13.2. The summed E-state index contributed by atoms with van der Waals surface area (Å²) in [6, 6.07) is 15.2. The van der Waals surface area contributed by atoms with Gasteiger partial charge in [-0.05, 0) is 43.1 Å². The van der Waals surface area contributed by atoms with Crippen molar-refractivity contribution in [1.29, 1.82) is 0 Å². The number of amides is 3. The van der Waals surface area contributed by atoms with Crippen LogP contribution in [0.4, 0.5) is 16.2 Å². The number of hydrogen-bond donors (Lipinski definition) is 2. The summed E-state index contributed by atoms with van der Waals surface area (Å²) < 4.78 is 4.83. The van der Waals surface area contributed by atoms with E-state index in [-0.39, 0.29) is 11.8 Å². The molecule has 2 aromatic carbocycles. The first-order valence-electron chi connectivity index (χ1n) is 12.6. The number of methoxy groups -OCH3 is 1. The van der Waals surface area contributed by atoms with Crippen LogP contribution < -0.4 is 15.5 Å². The van der Waals surface area contributed by atoms with E-state index in [4.69, 9.17) is 4.74 Å². The predicted molar refractivity (Wildman–Crippen MR) is 139 cm³/mol. The van der Waals surface area contributed by atoms with Gasteiger partial charge in [0.05, 0.1) is 24.9 Å². The highest BCUT2D eigenvalue weighted by Crippen LogP contribution is 2.29. The van der Waals surface area contributed by atoms with Crippen LogP contribution in [0, 0.1) is 0 Å². The molecule has 9 nitrogen and oxygen atoms in total. The highest BCUT2D eigenvalue weighted by atomic mass is 16.5. The van der Waals surface area contributed by atoms with E-state index in [1.807, 2.05) is 52.3 Å². The van der Waals surface area contributed by atoms with Gasteiger partial charge in [0.1, 0.15) is 0 Å². The van der Waals surface area contributed by atoms with Gasteiger partial charge in [0.15, 0.2) is 0 Å². The van der Waals surface area contributed by atoms with Crippen LogP contribution in [0.15, 0.2) is 48.5 Å². The Morgan fingerprint density at radius 2 is 1.69 bits per heavy atom. The molecule has 2 aliphatic rings. The molecule has 2 N–H and O–H groups in total. The predicted octanol–water partition coefficient (Wildman–Crippen LogP) is 2.58. The number of carbonyl (C=O) groups is 3. The Hall–Kier alpha value is -3.59. The zero-order valence-corrected chi connectivity index (χ0v) is 20.9. The van der Waals surface area contributed by atoms with E-state index in [1.54, 1.807) is 6.07 Å². The number of hydrogen-bond acceptors (Lipinski definition) is 6. The molecule has 0 bridgehead atoms. The molecule has 2 aromatic rings. The van der Waals surface area contributed by atoms with Crippen molar-refractivity contribution in [3.63, 3.8) is 0 Å². The molecule has 192 valence electrons. The molecule has 4 rings (SSSR count). The molecule has 0 unspecified atom stereocenters. The van der Waals surface area contributed by atoms with E-state index in [1.165, 1.54) is 7.11 Å². The second-order valence-electron chi connectivity index (χ2n) is 9.13. The van der Waals surface area contributed by atoms with E-state index >= 15 is 0 Å². The summed E-state index contributed by atoms with van der Waals surface area (Å²) in [7, 11) is 1.32. The third-order valence-electron chi connectivity index (χ3n) is 6.68. The number of ether oxygens (including phenoxy) is 1. The maximum atomic E-state index is 13.2. The summed E-state index contributed by atoms with van der Waals surface area (Å²) in [5, 5.41) is 6.10. The van der Waals surface area contributed by atoms with Crippen molar-refractivity contribution in [3.8, 4) is 0 Å². The Bertz CT molecular complexity index is 1050. The van der Waals surface area contributed by atoms with Crippen LogP contribution >= 0.6 is 0 Å². The molecule has 0 aromatic heterocycles. The summed E-state index contributed by atoms with van der Waals surface area (Å²) in [5.41, 5.74) is 2.88. The first kappa shape index (κ1) is 25.5. The van der Waals surface area contributed by atoms with Gasteiger partial charge in [-0.25, -0.2) is 4.79 Å². The largest absolute Gasteiger partial charge is 0.453 e. The zero-order valence-electron chi connectivity index (χ0n) is 20.9. The first-order valence-corrected chi connectivity index (χ1v) is 12.6. The topological polar surface area (TPSA) is 94.2 Å². The molecular weight excluding hydrogens is 458 g/mol. The van der Waals surface area contributed by atoms with Gasteiger partial charge in [0.2, 0.25) is 5.91 Å². The number of rotatable bonds is 5. The van der Waals surface area contributed by atoms with E-state index in [2.05, 4.69) is 15.5 Å². The Kier molecular flexibility index (Phi) is 8.78. The van der Waals surface area contributed by atoms with Crippen molar-refractivity contribution >= 4 is 29.3 Å². The first-order chi connectivity index (χ1) is 17.5. The van der Waals surface area contributed by atoms with Crippen molar-refractivity contribution in [2.75, 3.05) is 69.7 Å². The number of nitrogens with one attached hydrogen (secondary N) is 2. The molecule has 2 fully saturated rings. The summed E-state index contributed by atoms with van der Waals surface area (Å²) in [5.74, 6) is 0.0653. The molecule has 0 aliphatic carbocycles. The number of carbonyl (C=O) groups excluding carboxylic acids is 3. The van der Waals surface area contributed by atoms with Crippen molar-refractivity contribution in [2.45, 2.75) is 19.3 Å². The quantitative estimate of drug-likeness (QED) is 0.665. The van der Waals surface area contributed by atoms with E-state index in [9.17, 15) is 14.4 Å². The Morgan fingerprint density at radius 1 is 0.889 bits per heavy atom. The SMILES string of the molecule is COC(=O)Nc1cc(C(=O)N2CCCNCC2)ccc1N1CCCN(C(=O)Cc2ccccc2)CC1. The fourth-order valence-electron chi connectivity index (χ4n) is 4.73. The van der Waals surface area contributed by atoms with Crippen LogP contribution in [-0.2, 0) is 16.0 Å². The number of anilines is 2. The molecule has 9 heteroatoms. The molecule has 0 atom stereocenters. The summed E-state index contributed by atoms with van der Waals surface area (Å²) in [4.78, 5) is 44.1. The lowest BCUT2D eigenvalue weighted by molar-refractivity contribution is -0.130. The second kappa shape index (κ2) is 12.4. The molecule has 2 saturated heterocycles. The van der Waals surface area contributed by atoms with Crippen LogP contribution in [0.25, 0.3) is 0 Å². The smallest absolute Gasteiger partial charge is 0.411 e. The molecule has 2 aliphatic heterocycles. The fourth-order valence-corrected chi connectivity index (χ4v) is 4.73. The van der Waals surface area contributed by atoms with Gasteiger partial charge in [-0.2, -0.15) is 0 Å². The van der Waals surface area contributed by atoms with E-state index < -0.39 is 6.09 Å². The molecule has 0 spiro atoms. The summed E-state index contributed by atoms with van der Waals surface area (Å²) >= 11 is 0. The monoisotopic (exact) mass is 493 g/mol. The van der Waals surface area contributed by atoms with Crippen LogP contribution in [-0.4, -0.2) is 87.2 Å². The van der Waals surface area contributed by atoms with Gasteiger partial charge >= 0.3 is 6.09 Å². The lowest BCUT2D eigenvalue weighted by atomic mass is 10.1. The standard InChI is InChI=1S/C27H35N5O4/c1-36-27(35)29-23-20-22(26(34)32-13-5-11-28-12-16-32)9-10-24(23)30-14-6-15-31(18-17-30)25(33)19-21-7-3-2-4-8-21/h2-4,7-10,20,28H,5-6,11-19H2,1H3,(H,29,35).